The van der Waals surface area contributed by atoms with Crippen LogP contribution in [0.25, 0.3) is 0 Å². The van der Waals surface area contributed by atoms with Crippen LogP contribution in [0.2, 0.25) is 0 Å². The number of aliphatic carboxylic acids is 1. The van der Waals surface area contributed by atoms with Gasteiger partial charge in [-0.15, -0.1) is 0 Å². The van der Waals surface area contributed by atoms with Gasteiger partial charge in [-0.25, -0.2) is 0 Å². The first-order chi connectivity index (χ1) is 8.07. The molecule has 0 bridgehead atoms. The Hall–Kier alpha value is -0.570. The predicted octanol–water partition coefficient (Wildman–Crippen LogP) is 3.39. The fourth-order valence-corrected chi connectivity index (χ4v) is 1.98. The van der Waals surface area contributed by atoms with Gasteiger partial charge in [0.15, 0.2) is 0 Å². The van der Waals surface area contributed by atoms with Gasteiger partial charge in [0.05, 0.1) is 5.92 Å². The Labute approximate surface area is 106 Å². The molecule has 1 unspecified atom stereocenters. The van der Waals surface area contributed by atoms with Crippen LogP contribution in [0.1, 0.15) is 58.8 Å². The smallest absolute Gasteiger partial charge is 0.307 e. The lowest BCUT2D eigenvalue weighted by Crippen LogP contribution is -2.29. The highest BCUT2D eigenvalue weighted by Crippen LogP contribution is 2.07. The van der Waals surface area contributed by atoms with E-state index in [1.807, 2.05) is 7.05 Å². The lowest BCUT2D eigenvalue weighted by atomic mass is 10.1. The van der Waals surface area contributed by atoms with Crippen molar-refractivity contribution in [2.24, 2.45) is 5.92 Å². The number of unbranched alkanes of at least 4 members (excludes halogenated alkanes) is 6. The molecule has 0 radical (unpaired) electrons. The molecule has 0 aromatic rings. The molecule has 0 aliphatic rings. The third kappa shape index (κ3) is 10.3. The Bertz CT molecular complexity index is 195. The second-order valence-electron chi connectivity index (χ2n) is 5.12. The van der Waals surface area contributed by atoms with Gasteiger partial charge < -0.3 is 10.0 Å². The second kappa shape index (κ2) is 10.6. The third-order valence-electron chi connectivity index (χ3n) is 3.15. The molecule has 3 nitrogen and oxygen atoms in total. The zero-order valence-corrected chi connectivity index (χ0v) is 11.7. The number of rotatable bonds is 11. The monoisotopic (exact) mass is 243 g/mol. The Morgan fingerprint density at radius 2 is 1.65 bits per heavy atom. The average molecular weight is 243 g/mol. The van der Waals surface area contributed by atoms with Crippen LogP contribution in [-0.4, -0.2) is 36.1 Å². The topological polar surface area (TPSA) is 40.5 Å². The number of carboxylic acid groups (broad SMARTS) is 1. The van der Waals surface area contributed by atoms with E-state index >= 15 is 0 Å². The Morgan fingerprint density at radius 3 is 2.18 bits per heavy atom. The van der Waals surface area contributed by atoms with Gasteiger partial charge in [-0.2, -0.15) is 0 Å². The fourth-order valence-electron chi connectivity index (χ4n) is 1.98. The number of carboxylic acids is 1. The lowest BCUT2D eigenvalue weighted by molar-refractivity contribution is -0.141. The van der Waals surface area contributed by atoms with E-state index in [-0.39, 0.29) is 5.92 Å². The van der Waals surface area contributed by atoms with Gasteiger partial charge in [0, 0.05) is 6.54 Å². The van der Waals surface area contributed by atoms with Crippen molar-refractivity contribution in [3.8, 4) is 0 Å². The molecule has 17 heavy (non-hydrogen) atoms. The summed E-state index contributed by atoms with van der Waals surface area (Å²) < 4.78 is 0. The normalized spacial score (nSPS) is 12.9. The highest BCUT2D eigenvalue weighted by molar-refractivity contribution is 5.69. The zero-order valence-electron chi connectivity index (χ0n) is 11.7. The summed E-state index contributed by atoms with van der Waals surface area (Å²) in [6.07, 6.45) is 9.16. The fraction of sp³-hybridized carbons (Fsp3) is 0.929. The highest BCUT2D eigenvalue weighted by Gasteiger charge is 2.12. The number of hydrogen-bond acceptors (Lipinski definition) is 2. The molecule has 3 heteroatoms. The summed E-state index contributed by atoms with van der Waals surface area (Å²) in [4.78, 5) is 12.8. The van der Waals surface area contributed by atoms with Crippen LogP contribution in [0.4, 0.5) is 0 Å². The minimum atomic E-state index is -0.698. The largest absolute Gasteiger partial charge is 0.481 e. The van der Waals surface area contributed by atoms with Crippen molar-refractivity contribution in [1.29, 1.82) is 0 Å². The van der Waals surface area contributed by atoms with Gasteiger partial charge in [-0.05, 0) is 20.0 Å². The second-order valence-corrected chi connectivity index (χ2v) is 5.12. The van der Waals surface area contributed by atoms with Gasteiger partial charge in [-0.3, -0.25) is 4.79 Å². The van der Waals surface area contributed by atoms with Gasteiger partial charge in [-0.1, -0.05) is 52.4 Å². The van der Waals surface area contributed by atoms with Gasteiger partial charge in [0.25, 0.3) is 0 Å². The van der Waals surface area contributed by atoms with Crippen LogP contribution >= 0.6 is 0 Å². The van der Waals surface area contributed by atoms with Gasteiger partial charge >= 0.3 is 5.97 Å². The third-order valence-corrected chi connectivity index (χ3v) is 3.15. The SMILES string of the molecule is CCCCCCCCCN(C)CC(C)C(=O)O. The molecule has 0 aromatic carbocycles. The van der Waals surface area contributed by atoms with Crippen LogP contribution in [0.3, 0.4) is 0 Å². The molecule has 0 amide bonds. The zero-order chi connectivity index (χ0) is 13.1. The van der Waals surface area contributed by atoms with Crippen molar-refractivity contribution in [2.75, 3.05) is 20.1 Å². The van der Waals surface area contributed by atoms with Crippen molar-refractivity contribution >= 4 is 5.97 Å². The molecular weight excluding hydrogens is 214 g/mol. The molecule has 0 fully saturated rings. The molecule has 0 saturated heterocycles. The molecule has 0 aromatic heterocycles. The molecule has 0 aliphatic heterocycles. The highest BCUT2D eigenvalue weighted by atomic mass is 16.4. The molecule has 1 atom stereocenters. The molecule has 1 N–H and O–H groups in total. The predicted molar refractivity (Wildman–Crippen MR) is 72.3 cm³/mol. The van der Waals surface area contributed by atoms with Gasteiger partial charge in [0.1, 0.15) is 0 Å². The van der Waals surface area contributed by atoms with E-state index in [2.05, 4.69) is 11.8 Å². The van der Waals surface area contributed by atoms with E-state index in [0.29, 0.717) is 6.54 Å². The minimum absolute atomic E-state index is 0.260. The molecule has 0 saturated carbocycles. The lowest BCUT2D eigenvalue weighted by Gasteiger charge is -2.18. The Kier molecular flexibility index (Phi) is 10.2. The summed E-state index contributed by atoms with van der Waals surface area (Å²) >= 11 is 0. The molecular formula is C14H29NO2. The van der Waals surface area contributed by atoms with E-state index in [4.69, 9.17) is 5.11 Å². The molecule has 102 valence electrons. The van der Waals surface area contributed by atoms with E-state index in [1.165, 1.54) is 44.9 Å². The summed E-state index contributed by atoms with van der Waals surface area (Å²) in [5, 5.41) is 8.80. The summed E-state index contributed by atoms with van der Waals surface area (Å²) in [6.45, 7) is 5.68. The first-order valence-corrected chi connectivity index (χ1v) is 6.99. The number of carbonyl (C=O) groups is 1. The molecule has 0 heterocycles. The summed E-state index contributed by atoms with van der Waals surface area (Å²) in [6, 6.07) is 0. The summed E-state index contributed by atoms with van der Waals surface area (Å²) in [7, 11) is 2.01. The maximum absolute atomic E-state index is 10.7. The van der Waals surface area contributed by atoms with Crippen LogP contribution in [-0.2, 0) is 4.79 Å². The molecule has 0 spiro atoms. The average Bonchev–Trinajstić information content (AvgIpc) is 2.27. The van der Waals surface area contributed by atoms with Crippen LogP contribution < -0.4 is 0 Å². The van der Waals surface area contributed by atoms with Crippen LogP contribution in [0.15, 0.2) is 0 Å². The maximum Gasteiger partial charge on any atom is 0.307 e. The maximum atomic E-state index is 10.7. The van der Waals surface area contributed by atoms with Crippen LogP contribution in [0, 0.1) is 5.92 Å². The van der Waals surface area contributed by atoms with E-state index < -0.39 is 5.97 Å². The summed E-state index contributed by atoms with van der Waals surface area (Å²) in [5.74, 6) is -0.957. The van der Waals surface area contributed by atoms with E-state index in [9.17, 15) is 4.79 Å². The van der Waals surface area contributed by atoms with Crippen molar-refractivity contribution < 1.29 is 9.90 Å². The van der Waals surface area contributed by atoms with Crippen molar-refractivity contribution in [3.05, 3.63) is 0 Å². The quantitative estimate of drug-likeness (QED) is 0.565. The minimum Gasteiger partial charge on any atom is -0.481 e. The van der Waals surface area contributed by atoms with Crippen molar-refractivity contribution in [1.82, 2.24) is 4.90 Å². The standard InChI is InChI=1S/C14H29NO2/c1-4-5-6-7-8-9-10-11-15(3)12-13(2)14(16)17/h13H,4-12H2,1-3H3,(H,16,17). The first-order valence-electron chi connectivity index (χ1n) is 6.99. The molecule has 0 rings (SSSR count). The Balaban J connectivity index is 3.33. The molecule has 0 aliphatic carbocycles. The van der Waals surface area contributed by atoms with Crippen molar-refractivity contribution in [3.63, 3.8) is 0 Å². The van der Waals surface area contributed by atoms with Gasteiger partial charge in [0.2, 0.25) is 0 Å². The first kappa shape index (κ1) is 16.4. The summed E-state index contributed by atoms with van der Waals surface area (Å²) in [5.41, 5.74) is 0. The van der Waals surface area contributed by atoms with E-state index in [0.717, 1.165) is 6.54 Å². The number of nitrogens with zero attached hydrogens (tertiary/aromatic N) is 1. The number of hydrogen-bond donors (Lipinski definition) is 1. The Morgan fingerprint density at radius 1 is 1.12 bits per heavy atom. The van der Waals surface area contributed by atoms with Crippen molar-refractivity contribution in [2.45, 2.75) is 58.8 Å². The van der Waals surface area contributed by atoms with Crippen LogP contribution in [0.5, 0.6) is 0 Å². The van der Waals surface area contributed by atoms with E-state index in [1.54, 1.807) is 6.92 Å².